The summed E-state index contributed by atoms with van der Waals surface area (Å²) >= 11 is 0. The maximum absolute atomic E-state index is 12.6. The topological polar surface area (TPSA) is 74.2 Å². The van der Waals surface area contributed by atoms with Gasteiger partial charge in [0.2, 0.25) is 0 Å². The van der Waals surface area contributed by atoms with Crippen molar-refractivity contribution in [1.82, 2.24) is 0 Å². The molecule has 0 radical (unpaired) electrons. The van der Waals surface area contributed by atoms with Crippen molar-refractivity contribution in [3.63, 3.8) is 0 Å². The molecule has 2 aromatic carbocycles. The van der Waals surface area contributed by atoms with Crippen molar-refractivity contribution < 1.29 is 28.8 Å². The number of phenols is 1. The molecule has 0 fully saturated rings. The Morgan fingerprint density at radius 1 is 1.00 bits per heavy atom. The Labute approximate surface area is 166 Å². The smallest absolute Gasteiger partial charge is 0.354 e. The summed E-state index contributed by atoms with van der Waals surface area (Å²) in [6.45, 7) is 8.46. The van der Waals surface area contributed by atoms with Crippen LogP contribution in [-0.2, 0) is 14.2 Å². The van der Waals surface area contributed by atoms with Crippen LogP contribution in [0.4, 0.5) is 0 Å². The maximum atomic E-state index is 12.6. The number of hydrogen-bond acceptors (Lipinski definition) is 6. The Morgan fingerprint density at radius 2 is 1.64 bits per heavy atom. The Morgan fingerprint density at radius 3 is 2.18 bits per heavy atom. The summed E-state index contributed by atoms with van der Waals surface area (Å²) < 4.78 is 23.1. The van der Waals surface area contributed by atoms with Gasteiger partial charge < -0.3 is 24.1 Å². The van der Waals surface area contributed by atoms with E-state index in [0.29, 0.717) is 31.1 Å². The van der Waals surface area contributed by atoms with Crippen LogP contribution in [0.25, 0.3) is 0 Å². The van der Waals surface area contributed by atoms with Gasteiger partial charge in [-0.1, -0.05) is 30.3 Å². The third-order valence-electron chi connectivity index (χ3n) is 4.12. The fraction of sp³-hybridized carbons (Fsp3) is 0.409. The maximum Gasteiger partial charge on any atom is 0.354 e. The Hall–Kier alpha value is -2.41. The van der Waals surface area contributed by atoms with E-state index < -0.39 is 12.1 Å². The van der Waals surface area contributed by atoms with Gasteiger partial charge in [0.25, 0.3) is 0 Å². The molecule has 0 saturated heterocycles. The van der Waals surface area contributed by atoms with Gasteiger partial charge in [-0.25, -0.2) is 0 Å². The van der Waals surface area contributed by atoms with Crippen LogP contribution in [0, 0.1) is 0 Å². The molecule has 0 amide bonds. The summed E-state index contributed by atoms with van der Waals surface area (Å²) in [7, 11) is 0. The lowest BCUT2D eigenvalue weighted by atomic mass is 10.0. The molecule has 28 heavy (non-hydrogen) atoms. The highest BCUT2D eigenvalue weighted by atomic mass is 16.9. The minimum Gasteiger partial charge on any atom is -0.507 e. The Bertz CT molecular complexity index is 753. The van der Waals surface area contributed by atoms with Crippen molar-refractivity contribution in [2.45, 2.75) is 39.8 Å². The van der Waals surface area contributed by atoms with Gasteiger partial charge in [0.15, 0.2) is 5.78 Å². The lowest BCUT2D eigenvalue weighted by Crippen LogP contribution is -2.52. The fourth-order valence-electron chi connectivity index (χ4n) is 2.85. The molecule has 1 unspecified atom stereocenters. The number of phenolic OH excluding ortho intramolecular Hbond substituents is 1. The number of aromatic hydroxyl groups is 1. The summed E-state index contributed by atoms with van der Waals surface area (Å²) in [5.74, 6) is -1.61. The number of carbonyl (C=O) groups excluding carboxylic acids is 1. The number of rotatable bonds is 11. The van der Waals surface area contributed by atoms with E-state index in [1.165, 1.54) is 12.1 Å². The van der Waals surface area contributed by atoms with Crippen molar-refractivity contribution in [2.24, 2.45) is 0 Å². The second-order valence-electron chi connectivity index (χ2n) is 6.04. The third-order valence-corrected chi connectivity index (χ3v) is 4.12. The molecule has 0 saturated carbocycles. The van der Waals surface area contributed by atoms with E-state index in [-0.39, 0.29) is 17.1 Å². The van der Waals surface area contributed by atoms with E-state index in [1.54, 1.807) is 37.3 Å². The lowest BCUT2D eigenvalue weighted by Gasteiger charge is -2.37. The molecular formula is C22H28O6. The van der Waals surface area contributed by atoms with Gasteiger partial charge in [-0.2, -0.15) is 0 Å². The number of ether oxygens (including phenoxy) is 4. The standard InChI is InChI=1S/C22H28O6/c1-5-25-16(4)22(26-6-2,27-7-3)28-18-13-14-19(20(23)15-18)21(24)17-11-9-8-10-12-17/h8-16,23H,5-7H2,1-4H3. The molecule has 0 heterocycles. The summed E-state index contributed by atoms with van der Waals surface area (Å²) in [5, 5.41) is 10.4. The summed E-state index contributed by atoms with van der Waals surface area (Å²) in [6, 6.07) is 13.3. The second kappa shape index (κ2) is 10.2. The van der Waals surface area contributed by atoms with Gasteiger partial charge in [0.1, 0.15) is 17.6 Å². The van der Waals surface area contributed by atoms with E-state index in [4.69, 9.17) is 18.9 Å². The highest BCUT2D eigenvalue weighted by Gasteiger charge is 2.42. The fourth-order valence-corrected chi connectivity index (χ4v) is 2.85. The van der Waals surface area contributed by atoms with Gasteiger partial charge in [-0.05, 0) is 39.8 Å². The van der Waals surface area contributed by atoms with Gasteiger partial charge >= 0.3 is 5.97 Å². The van der Waals surface area contributed by atoms with Crippen LogP contribution >= 0.6 is 0 Å². The average Bonchev–Trinajstić information content (AvgIpc) is 2.69. The molecule has 152 valence electrons. The van der Waals surface area contributed by atoms with Crippen LogP contribution in [0.3, 0.4) is 0 Å². The van der Waals surface area contributed by atoms with Crippen molar-refractivity contribution >= 4 is 5.78 Å². The van der Waals surface area contributed by atoms with Gasteiger partial charge in [-0.3, -0.25) is 4.79 Å². The van der Waals surface area contributed by atoms with Crippen LogP contribution in [0.15, 0.2) is 48.5 Å². The van der Waals surface area contributed by atoms with Gasteiger partial charge in [0, 0.05) is 18.2 Å². The zero-order valence-corrected chi connectivity index (χ0v) is 16.8. The number of carbonyl (C=O) groups is 1. The first-order chi connectivity index (χ1) is 13.5. The molecule has 0 aliphatic carbocycles. The van der Waals surface area contributed by atoms with E-state index in [0.717, 1.165) is 0 Å². The summed E-state index contributed by atoms with van der Waals surface area (Å²) in [5.41, 5.74) is 0.684. The largest absolute Gasteiger partial charge is 0.507 e. The molecule has 2 aromatic rings. The van der Waals surface area contributed by atoms with Gasteiger partial charge in [-0.15, -0.1) is 0 Å². The van der Waals surface area contributed by atoms with Crippen LogP contribution in [0.1, 0.15) is 43.6 Å². The van der Waals surface area contributed by atoms with E-state index >= 15 is 0 Å². The summed E-state index contributed by atoms with van der Waals surface area (Å²) in [6.07, 6.45) is -0.523. The Kier molecular flexibility index (Phi) is 7.99. The predicted octanol–water partition coefficient (Wildman–Crippen LogP) is 4.15. The lowest BCUT2D eigenvalue weighted by molar-refractivity contribution is -0.379. The molecule has 0 bridgehead atoms. The monoisotopic (exact) mass is 388 g/mol. The molecule has 1 atom stereocenters. The zero-order chi connectivity index (χ0) is 20.6. The van der Waals surface area contributed by atoms with Crippen LogP contribution in [0.5, 0.6) is 11.5 Å². The first-order valence-electron chi connectivity index (χ1n) is 9.48. The highest BCUT2D eigenvalue weighted by Crippen LogP contribution is 2.31. The second-order valence-corrected chi connectivity index (χ2v) is 6.04. The molecule has 0 aliphatic heterocycles. The van der Waals surface area contributed by atoms with E-state index in [2.05, 4.69) is 0 Å². The molecule has 0 aromatic heterocycles. The van der Waals surface area contributed by atoms with Gasteiger partial charge in [0.05, 0.1) is 18.8 Å². The molecule has 6 heteroatoms. The van der Waals surface area contributed by atoms with Crippen LogP contribution < -0.4 is 4.74 Å². The first kappa shape index (κ1) is 21.9. The van der Waals surface area contributed by atoms with Crippen molar-refractivity contribution in [1.29, 1.82) is 0 Å². The van der Waals surface area contributed by atoms with Crippen LogP contribution in [0.2, 0.25) is 0 Å². The highest BCUT2D eigenvalue weighted by molar-refractivity contribution is 6.10. The van der Waals surface area contributed by atoms with E-state index in [9.17, 15) is 9.90 Å². The molecule has 1 N–H and O–H groups in total. The van der Waals surface area contributed by atoms with Crippen molar-refractivity contribution in [3.05, 3.63) is 59.7 Å². The normalized spacial score (nSPS) is 12.6. The molecule has 0 spiro atoms. The zero-order valence-electron chi connectivity index (χ0n) is 16.8. The van der Waals surface area contributed by atoms with E-state index in [1.807, 2.05) is 26.8 Å². The first-order valence-corrected chi connectivity index (χ1v) is 9.48. The minimum absolute atomic E-state index is 0.183. The quantitative estimate of drug-likeness (QED) is 0.460. The number of hydrogen-bond donors (Lipinski definition) is 1. The van der Waals surface area contributed by atoms with Crippen molar-refractivity contribution in [2.75, 3.05) is 19.8 Å². The molecule has 2 rings (SSSR count). The minimum atomic E-state index is -1.46. The molecular weight excluding hydrogens is 360 g/mol. The average molecular weight is 388 g/mol. The number of ketones is 1. The Balaban J connectivity index is 2.31. The summed E-state index contributed by atoms with van der Waals surface area (Å²) in [4.78, 5) is 12.6. The van der Waals surface area contributed by atoms with Crippen molar-refractivity contribution in [3.8, 4) is 11.5 Å². The SMILES string of the molecule is CCOC(C)C(OCC)(OCC)Oc1ccc(C(=O)c2ccccc2)c(O)c1. The predicted molar refractivity (Wildman–Crippen MR) is 106 cm³/mol. The number of benzene rings is 2. The molecule has 0 aliphatic rings. The third kappa shape index (κ3) is 5.10. The molecule has 6 nitrogen and oxygen atoms in total. The van der Waals surface area contributed by atoms with Crippen LogP contribution in [-0.4, -0.2) is 42.8 Å².